The molecule has 0 saturated carbocycles. The maximum absolute atomic E-state index is 10.4. The highest BCUT2D eigenvalue weighted by Gasteiger charge is 2.08. The molecule has 1 unspecified atom stereocenters. The van der Waals surface area contributed by atoms with Crippen molar-refractivity contribution in [3.63, 3.8) is 0 Å². The third kappa shape index (κ3) is 6.70. The summed E-state index contributed by atoms with van der Waals surface area (Å²) in [5.74, 6) is 0.00791. The number of carboxylic acid groups (broad SMARTS) is 1. The summed E-state index contributed by atoms with van der Waals surface area (Å²) in [4.78, 5) is 10.4. The van der Waals surface area contributed by atoms with E-state index in [1.807, 2.05) is 31.2 Å². The highest BCUT2D eigenvalue weighted by Crippen LogP contribution is 2.14. The first-order valence-electron chi connectivity index (χ1n) is 8.53. The van der Waals surface area contributed by atoms with Gasteiger partial charge in [0, 0.05) is 13.1 Å². The first kappa shape index (κ1) is 19.7. The Labute approximate surface area is 154 Å². The lowest BCUT2D eigenvalue weighted by Gasteiger charge is -2.20. The van der Waals surface area contributed by atoms with Gasteiger partial charge in [0.15, 0.2) is 0 Å². The molecule has 0 aliphatic carbocycles. The smallest absolute Gasteiger partial charge is 0.335 e. The summed E-state index contributed by atoms with van der Waals surface area (Å²) in [5, 5.41) is 11.8. The third-order valence-corrected chi connectivity index (χ3v) is 3.82. The minimum atomic E-state index is -0.872. The molecule has 26 heavy (non-hydrogen) atoms. The van der Waals surface area contributed by atoms with Crippen LogP contribution in [0, 0.1) is 6.92 Å². The molecule has 2 N–H and O–H groups in total. The molecule has 1 atom stereocenters. The molecule has 2 aromatic rings. The Hall–Kier alpha value is -2.63. The fourth-order valence-electron chi connectivity index (χ4n) is 2.45. The van der Waals surface area contributed by atoms with Crippen LogP contribution in [0.5, 0.6) is 5.75 Å². The third-order valence-electron chi connectivity index (χ3n) is 3.82. The Morgan fingerprint density at radius 3 is 2.69 bits per heavy atom. The molecule has 1 heterocycles. The number of carboxylic acids is 1. The largest absolute Gasteiger partial charge is 0.497 e. The van der Waals surface area contributed by atoms with Gasteiger partial charge in [0.05, 0.1) is 25.4 Å². The van der Waals surface area contributed by atoms with Crippen LogP contribution in [0.15, 0.2) is 54.6 Å². The number of hydrogen-bond donors (Lipinski definition) is 2. The van der Waals surface area contributed by atoms with Crippen LogP contribution in [-0.2, 0) is 4.74 Å². The van der Waals surface area contributed by atoms with Crippen molar-refractivity contribution in [1.29, 1.82) is 0 Å². The minimum Gasteiger partial charge on any atom is -0.497 e. The fraction of sp³-hybridized carbons (Fsp3) is 0.286. The predicted molar refractivity (Wildman–Crippen MR) is 103 cm³/mol. The number of benzene rings is 2. The minimum absolute atomic E-state index is 0.181. The Morgan fingerprint density at radius 1 is 1.27 bits per heavy atom. The van der Waals surface area contributed by atoms with Crippen molar-refractivity contribution in [3.8, 4) is 5.75 Å². The van der Waals surface area contributed by atoms with E-state index in [4.69, 9.17) is 14.6 Å². The van der Waals surface area contributed by atoms with Gasteiger partial charge in [0.2, 0.25) is 0 Å². The van der Waals surface area contributed by atoms with Gasteiger partial charge in [0.1, 0.15) is 5.75 Å². The van der Waals surface area contributed by atoms with Crippen molar-refractivity contribution in [2.75, 3.05) is 26.8 Å². The first-order valence-corrected chi connectivity index (χ1v) is 8.53. The zero-order valence-corrected chi connectivity index (χ0v) is 15.1. The molecular weight excluding hydrogens is 330 g/mol. The van der Waals surface area contributed by atoms with Gasteiger partial charge < -0.3 is 19.9 Å². The molecule has 0 aromatic heterocycles. The van der Waals surface area contributed by atoms with Crippen LogP contribution in [0.25, 0.3) is 6.08 Å². The van der Waals surface area contributed by atoms with Crippen LogP contribution >= 0.6 is 0 Å². The average molecular weight is 355 g/mol. The summed E-state index contributed by atoms with van der Waals surface area (Å²) < 4.78 is 10.7. The highest BCUT2D eigenvalue weighted by atomic mass is 16.5. The summed E-state index contributed by atoms with van der Waals surface area (Å²) in [6.07, 6.45) is 4.33. The Bertz CT molecular complexity index is 736. The topological polar surface area (TPSA) is 67.8 Å². The molecular formula is C21H25NO4. The van der Waals surface area contributed by atoms with Crippen molar-refractivity contribution in [3.05, 3.63) is 71.3 Å². The van der Waals surface area contributed by atoms with Crippen molar-refractivity contribution in [2.24, 2.45) is 0 Å². The molecule has 1 aliphatic heterocycles. The number of aryl methyl sites for hydroxylation is 1. The maximum atomic E-state index is 10.4. The molecule has 5 heteroatoms. The Kier molecular flexibility index (Phi) is 7.86. The van der Waals surface area contributed by atoms with E-state index in [1.54, 1.807) is 25.3 Å². The molecule has 138 valence electrons. The quantitative estimate of drug-likeness (QED) is 0.880. The SMILES string of the molecule is COc1cccc(C=CC2CNCCO2)c1.Cc1cccc(C(=O)O)c1. The van der Waals surface area contributed by atoms with E-state index in [0.29, 0.717) is 5.56 Å². The van der Waals surface area contributed by atoms with Crippen LogP contribution < -0.4 is 10.1 Å². The standard InChI is InChI=1S/C13H17NO2.C8H8O2/c1-15-12-4-2-3-11(9-12)5-6-13-10-14-7-8-16-13;1-6-3-2-4-7(5-6)8(9)10/h2-6,9,13-14H,7-8,10H2,1H3;2-5H,1H3,(H,9,10). The highest BCUT2D eigenvalue weighted by molar-refractivity contribution is 5.87. The van der Waals surface area contributed by atoms with E-state index < -0.39 is 5.97 Å². The van der Waals surface area contributed by atoms with Gasteiger partial charge in [-0.3, -0.25) is 0 Å². The van der Waals surface area contributed by atoms with Crippen molar-refractivity contribution in [2.45, 2.75) is 13.0 Å². The monoisotopic (exact) mass is 355 g/mol. The normalized spacial score (nSPS) is 16.6. The van der Waals surface area contributed by atoms with E-state index >= 15 is 0 Å². The van der Waals surface area contributed by atoms with E-state index in [2.05, 4.69) is 23.5 Å². The van der Waals surface area contributed by atoms with Crippen LogP contribution in [0.1, 0.15) is 21.5 Å². The lowest BCUT2D eigenvalue weighted by atomic mass is 10.1. The molecule has 0 spiro atoms. The second kappa shape index (κ2) is 10.4. The van der Waals surface area contributed by atoms with Gasteiger partial charge in [0.25, 0.3) is 0 Å². The second-order valence-corrected chi connectivity index (χ2v) is 5.92. The Balaban J connectivity index is 0.000000209. The summed E-state index contributed by atoms with van der Waals surface area (Å²) in [7, 11) is 1.68. The zero-order chi connectivity index (χ0) is 18.8. The molecule has 0 amide bonds. The summed E-state index contributed by atoms with van der Waals surface area (Å²) in [5.41, 5.74) is 2.45. The molecule has 5 nitrogen and oxygen atoms in total. The number of carbonyl (C=O) groups is 1. The summed E-state index contributed by atoms with van der Waals surface area (Å²) in [6.45, 7) is 4.49. The molecule has 1 saturated heterocycles. The van der Waals surface area contributed by atoms with Crippen LogP contribution in [0.3, 0.4) is 0 Å². The van der Waals surface area contributed by atoms with Gasteiger partial charge in [-0.25, -0.2) is 4.79 Å². The predicted octanol–water partition coefficient (Wildman–Crippen LogP) is 3.39. The number of nitrogens with one attached hydrogen (secondary N) is 1. The lowest BCUT2D eigenvalue weighted by Crippen LogP contribution is -2.37. The molecule has 0 radical (unpaired) electrons. The van der Waals surface area contributed by atoms with Crippen molar-refractivity contribution >= 4 is 12.0 Å². The molecule has 1 fully saturated rings. The van der Waals surface area contributed by atoms with E-state index in [-0.39, 0.29) is 6.10 Å². The second-order valence-electron chi connectivity index (χ2n) is 5.92. The average Bonchev–Trinajstić information content (AvgIpc) is 2.68. The number of methoxy groups -OCH3 is 1. The van der Waals surface area contributed by atoms with E-state index in [9.17, 15) is 4.79 Å². The molecule has 2 aromatic carbocycles. The first-order chi connectivity index (χ1) is 12.6. The molecule has 3 rings (SSSR count). The van der Waals surface area contributed by atoms with Gasteiger partial charge in [-0.2, -0.15) is 0 Å². The number of ether oxygens (including phenoxy) is 2. The number of morpholine rings is 1. The van der Waals surface area contributed by atoms with Crippen LogP contribution in [0.2, 0.25) is 0 Å². The van der Waals surface area contributed by atoms with Gasteiger partial charge in [-0.1, -0.05) is 42.0 Å². The van der Waals surface area contributed by atoms with Crippen LogP contribution in [0.4, 0.5) is 0 Å². The van der Waals surface area contributed by atoms with Gasteiger partial charge >= 0.3 is 5.97 Å². The number of rotatable bonds is 4. The van der Waals surface area contributed by atoms with Gasteiger partial charge in [-0.05, 0) is 36.8 Å². The van der Waals surface area contributed by atoms with Gasteiger partial charge in [-0.15, -0.1) is 0 Å². The number of aromatic carboxylic acids is 1. The van der Waals surface area contributed by atoms with E-state index in [1.165, 1.54) is 0 Å². The van der Waals surface area contributed by atoms with E-state index in [0.717, 1.165) is 36.6 Å². The molecule has 1 aliphatic rings. The number of hydrogen-bond acceptors (Lipinski definition) is 4. The lowest BCUT2D eigenvalue weighted by molar-refractivity contribution is 0.0596. The summed E-state index contributed by atoms with van der Waals surface area (Å²) >= 11 is 0. The summed E-state index contributed by atoms with van der Waals surface area (Å²) in [6, 6.07) is 14.8. The maximum Gasteiger partial charge on any atom is 0.335 e. The Morgan fingerprint density at radius 2 is 2.08 bits per heavy atom. The van der Waals surface area contributed by atoms with Crippen molar-refractivity contribution < 1.29 is 19.4 Å². The van der Waals surface area contributed by atoms with Crippen molar-refractivity contribution in [1.82, 2.24) is 5.32 Å². The zero-order valence-electron chi connectivity index (χ0n) is 15.1. The van der Waals surface area contributed by atoms with Crippen LogP contribution in [-0.4, -0.2) is 44.0 Å². The fourth-order valence-corrected chi connectivity index (χ4v) is 2.45. The molecule has 0 bridgehead atoms.